The number of nitrogens with one attached hydrogen (secondary N) is 1. The summed E-state index contributed by atoms with van der Waals surface area (Å²) >= 11 is 0. The Morgan fingerprint density at radius 1 is 1.42 bits per heavy atom. The highest BCUT2D eigenvalue weighted by Crippen LogP contribution is 2.26. The van der Waals surface area contributed by atoms with Crippen LogP contribution in [0.5, 0.6) is 0 Å². The summed E-state index contributed by atoms with van der Waals surface area (Å²) in [6.07, 6.45) is 3.28. The zero-order valence-corrected chi connectivity index (χ0v) is 11.0. The molecule has 0 saturated carbocycles. The lowest BCUT2D eigenvalue weighted by Crippen LogP contribution is -2.45. The highest BCUT2D eigenvalue weighted by Gasteiger charge is 2.32. The van der Waals surface area contributed by atoms with Gasteiger partial charge in [-0.1, -0.05) is 19.1 Å². The Labute approximate surface area is 112 Å². The zero-order chi connectivity index (χ0) is 13.1. The molecule has 1 N–H and O–H groups in total. The Kier molecular flexibility index (Phi) is 3.21. The molecule has 1 aromatic heterocycles. The number of aromatic nitrogens is 3. The molecule has 3 rings (SSSR count). The minimum Gasteiger partial charge on any atom is -0.384 e. The molecule has 1 fully saturated rings. The van der Waals surface area contributed by atoms with Crippen molar-refractivity contribution in [2.45, 2.75) is 13.5 Å². The molecular formula is C14H18N4O. The van der Waals surface area contributed by atoms with E-state index in [9.17, 15) is 0 Å². The average Bonchev–Trinajstić information content (AvgIpc) is 2.87. The van der Waals surface area contributed by atoms with Gasteiger partial charge in [0.2, 0.25) is 0 Å². The number of anilines is 1. The van der Waals surface area contributed by atoms with Crippen molar-refractivity contribution in [3.8, 4) is 0 Å². The van der Waals surface area contributed by atoms with E-state index in [1.165, 1.54) is 5.56 Å². The second-order valence-corrected chi connectivity index (χ2v) is 5.45. The SMILES string of the molecule is CC1(CNc2cccc(Cn3cncn3)c2)COC1. The van der Waals surface area contributed by atoms with Crippen LogP contribution < -0.4 is 5.32 Å². The van der Waals surface area contributed by atoms with Gasteiger partial charge in [-0.2, -0.15) is 5.10 Å². The molecule has 0 spiro atoms. The molecule has 100 valence electrons. The van der Waals surface area contributed by atoms with Crippen LogP contribution in [0.4, 0.5) is 5.69 Å². The molecule has 0 bridgehead atoms. The minimum absolute atomic E-state index is 0.280. The molecule has 5 heteroatoms. The second kappa shape index (κ2) is 5.01. The fourth-order valence-corrected chi connectivity index (χ4v) is 2.15. The van der Waals surface area contributed by atoms with Crippen LogP contribution in [0, 0.1) is 5.41 Å². The summed E-state index contributed by atoms with van der Waals surface area (Å²) in [5.41, 5.74) is 2.64. The van der Waals surface area contributed by atoms with E-state index in [1.54, 1.807) is 12.7 Å². The first-order valence-electron chi connectivity index (χ1n) is 6.47. The molecule has 0 unspecified atom stereocenters. The van der Waals surface area contributed by atoms with Crippen molar-refractivity contribution in [2.24, 2.45) is 5.41 Å². The molecule has 1 aliphatic heterocycles. The van der Waals surface area contributed by atoms with Crippen LogP contribution in [0.1, 0.15) is 12.5 Å². The lowest BCUT2D eigenvalue weighted by atomic mass is 9.88. The lowest BCUT2D eigenvalue weighted by molar-refractivity contribution is -0.0924. The maximum atomic E-state index is 5.26. The van der Waals surface area contributed by atoms with Crippen molar-refractivity contribution in [1.29, 1.82) is 0 Å². The quantitative estimate of drug-likeness (QED) is 0.888. The van der Waals surface area contributed by atoms with E-state index in [-0.39, 0.29) is 5.41 Å². The molecule has 0 atom stereocenters. The Morgan fingerprint density at radius 3 is 3.00 bits per heavy atom. The van der Waals surface area contributed by atoms with Gasteiger partial charge in [0, 0.05) is 17.6 Å². The molecule has 5 nitrogen and oxygen atoms in total. The maximum Gasteiger partial charge on any atom is 0.137 e. The lowest BCUT2D eigenvalue weighted by Gasteiger charge is -2.38. The summed E-state index contributed by atoms with van der Waals surface area (Å²) in [6.45, 7) is 5.62. The zero-order valence-electron chi connectivity index (χ0n) is 11.0. The van der Waals surface area contributed by atoms with Crippen LogP contribution in [-0.2, 0) is 11.3 Å². The molecule has 1 aliphatic rings. The number of hydrogen-bond donors (Lipinski definition) is 1. The van der Waals surface area contributed by atoms with E-state index >= 15 is 0 Å². The van der Waals surface area contributed by atoms with E-state index in [4.69, 9.17) is 4.74 Å². The topological polar surface area (TPSA) is 52.0 Å². The third-order valence-corrected chi connectivity index (χ3v) is 3.36. The van der Waals surface area contributed by atoms with Gasteiger partial charge in [-0.05, 0) is 17.7 Å². The molecule has 2 heterocycles. The van der Waals surface area contributed by atoms with E-state index in [2.05, 4.69) is 46.6 Å². The maximum absolute atomic E-state index is 5.26. The molecule has 0 aliphatic carbocycles. The van der Waals surface area contributed by atoms with Gasteiger partial charge in [-0.15, -0.1) is 0 Å². The third-order valence-electron chi connectivity index (χ3n) is 3.36. The number of ether oxygens (including phenoxy) is 1. The normalized spacial score (nSPS) is 16.9. The fraction of sp³-hybridized carbons (Fsp3) is 0.429. The summed E-state index contributed by atoms with van der Waals surface area (Å²) < 4.78 is 7.08. The second-order valence-electron chi connectivity index (χ2n) is 5.45. The molecule has 0 radical (unpaired) electrons. The van der Waals surface area contributed by atoms with Crippen molar-refractivity contribution in [2.75, 3.05) is 25.1 Å². The van der Waals surface area contributed by atoms with E-state index in [1.807, 2.05) is 4.68 Å². The Morgan fingerprint density at radius 2 is 2.32 bits per heavy atom. The smallest absolute Gasteiger partial charge is 0.137 e. The van der Waals surface area contributed by atoms with Crippen molar-refractivity contribution < 1.29 is 4.74 Å². The summed E-state index contributed by atoms with van der Waals surface area (Å²) in [5.74, 6) is 0. The van der Waals surface area contributed by atoms with Gasteiger partial charge in [-0.25, -0.2) is 9.67 Å². The first kappa shape index (κ1) is 12.2. The minimum atomic E-state index is 0.280. The van der Waals surface area contributed by atoms with Crippen molar-refractivity contribution in [3.63, 3.8) is 0 Å². The van der Waals surface area contributed by atoms with Crippen LogP contribution >= 0.6 is 0 Å². The molecule has 1 aromatic carbocycles. The van der Waals surface area contributed by atoms with E-state index < -0.39 is 0 Å². The predicted molar refractivity (Wildman–Crippen MR) is 73.0 cm³/mol. The molecule has 1 saturated heterocycles. The standard InChI is InChI=1S/C14H18N4O/c1-14(8-19-9-14)7-16-13-4-2-3-12(5-13)6-18-11-15-10-17-18/h2-5,10-11,16H,6-9H2,1H3. The van der Waals surface area contributed by atoms with Crippen LogP contribution in [0.3, 0.4) is 0 Å². The number of hydrogen-bond acceptors (Lipinski definition) is 4. The highest BCUT2D eigenvalue weighted by molar-refractivity contribution is 5.46. The Bertz CT molecular complexity index is 534. The summed E-state index contributed by atoms with van der Waals surface area (Å²) in [7, 11) is 0. The first-order valence-corrected chi connectivity index (χ1v) is 6.47. The molecule has 19 heavy (non-hydrogen) atoms. The summed E-state index contributed by atoms with van der Waals surface area (Å²) in [5, 5.41) is 7.60. The van der Waals surface area contributed by atoms with E-state index in [0.29, 0.717) is 0 Å². The third kappa shape index (κ3) is 2.93. The number of rotatable bonds is 5. The predicted octanol–water partition coefficient (Wildman–Crippen LogP) is 1.77. The Hall–Kier alpha value is -1.88. The van der Waals surface area contributed by atoms with E-state index in [0.717, 1.165) is 32.0 Å². The van der Waals surface area contributed by atoms with Gasteiger partial charge >= 0.3 is 0 Å². The van der Waals surface area contributed by atoms with Crippen molar-refractivity contribution >= 4 is 5.69 Å². The largest absolute Gasteiger partial charge is 0.384 e. The summed E-state index contributed by atoms with van der Waals surface area (Å²) in [6, 6.07) is 8.41. The fourth-order valence-electron chi connectivity index (χ4n) is 2.15. The Balaban J connectivity index is 1.62. The highest BCUT2D eigenvalue weighted by atomic mass is 16.5. The van der Waals surface area contributed by atoms with Crippen LogP contribution in [0.2, 0.25) is 0 Å². The van der Waals surface area contributed by atoms with Gasteiger partial charge in [0.25, 0.3) is 0 Å². The molecular weight excluding hydrogens is 240 g/mol. The average molecular weight is 258 g/mol. The van der Waals surface area contributed by atoms with Crippen LogP contribution in [0.25, 0.3) is 0 Å². The monoisotopic (exact) mass is 258 g/mol. The molecule has 2 aromatic rings. The van der Waals surface area contributed by atoms with Crippen molar-refractivity contribution in [1.82, 2.24) is 14.8 Å². The van der Waals surface area contributed by atoms with Gasteiger partial charge in [-0.3, -0.25) is 0 Å². The van der Waals surface area contributed by atoms with Crippen LogP contribution in [-0.4, -0.2) is 34.5 Å². The first-order chi connectivity index (χ1) is 9.23. The van der Waals surface area contributed by atoms with Crippen molar-refractivity contribution in [3.05, 3.63) is 42.5 Å². The number of benzene rings is 1. The summed E-state index contributed by atoms with van der Waals surface area (Å²) in [4.78, 5) is 3.95. The van der Waals surface area contributed by atoms with Gasteiger partial charge in [0.1, 0.15) is 12.7 Å². The number of nitrogens with zero attached hydrogens (tertiary/aromatic N) is 3. The molecule has 0 amide bonds. The van der Waals surface area contributed by atoms with Crippen LogP contribution in [0.15, 0.2) is 36.9 Å². The van der Waals surface area contributed by atoms with Gasteiger partial charge in [0.15, 0.2) is 0 Å². The van der Waals surface area contributed by atoms with Gasteiger partial charge < -0.3 is 10.1 Å². The van der Waals surface area contributed by atoms with Gasteiger partial charge in [0.05, 0.1) is 19.8 Å².